The van der Waals surface area contributed by atoms with Crippen LogP contribution in [0.1, 0.15) is 23.7 Å². The highest BCUT2D eigenvalue weighted by molar-refractivity contribution is 6.30. The summed E-state index contributed by atoms with van der Waals surface area (Å²) in [4.78, 5) is 35.6. The molecule has 2 aromatic carbocycles. The van der Waals surface area contributed by atoms with Gasteiger partial charge in [-0.3, -0.25) is 14.4 Å². The first-order chi connectivity index (χ1) is 13.5. The van der Waals surface area contributed by atoms with E-state index in [-0.39, 0.29) is 37.2 Å². The molecule has 0 spiro atoms. The minimum Gasteiger partial charge on any atom is -0.494 e. The van der Waals surface area contributed by atoms with Gasteiger partial charge in [-0.2, -0.15) is 0 Å². The minimum atomic E-state index is -0.345. The third-order valence-corrected chi connectivity index (χ3v) is 3.89. The summed E-state index contributed by atoms with van der Waals surface area (Å²) in [5.74, 6) is -0.256. The van der Waals surface area contributed by atoms with Crippen LogP contribution in [0.3, 0.4) is 0 Å². The van der Waals surface area contributed by atoms with Crippen LogP contribution < -0.4 is 20.7 Å². The van der Waals surface area contributed by atoms with Gasteiger partial charge in [-0.1, -0.05) is 11.6 Å². The van der Waals surface area contributed by atoms with E-state index >= 15 is 0 Å². The lowest BCUT2D eigenvalue weighted by Crippen LogP contribution is -2.35. The molecule has 0 aliphatic heterocycles. The van der Waals surface area contributed by atoms with Gasteiger partial charge in [0.15, 0.2) is 0 Å². The lowest BCUT2D eigenvalue weighted by Gasteiger charge is -2.09. The van der Waals surface area contributed by atoms with Crippen LogP contribution >= 0.6 is 11.6 Å². The monoisotopic (exact) mass is 403 g/mol. The number of rotatable bonds is 9. The molecule has 0 saturated carbocycles. The predicted octanol–water partition coefficient (Wildman–Crippen LogP) is 2.61. The number of carbonyl (C=O) groups excluding carboxylic acids is 3. The number of hydrogen-bond donors (Lipinski definition) is 3. The van der Waals surface area contributed by atoms with Crippen LogP contribution in [0.15, 0.2) is 48.5 Å². The Balaban J connectivity index is 1.65. The molecule has 0 radical (unpaired) electrons. The number of benzene rings is 2. The first kappa shape index (κ1) is 21.2. The van der Waals surface area contributed by atoms with Crippen LogP contribution in [0, 0.1) is 0 Å². The van der Waals surface area contributed by atoms with Gasteiger partial charge in [0, 0.05) is 29.2 Å². The topological polar surface area (TPSA) is 96.5 Å². The summed E-state index contributed by atoms with van der Waals surface area (Å²) in [7, 11) is 0. The molecular weight excluding hydrogens is 382 g/mol. The van der Waals surface area contributed by atoms with Crippen molar-refractivity contribution in [3.8, 4) is 5.75 Å². The maximum Gasteiger partial charge on any atom is 0.251 e. The SMILES string of the molecule is CCOc1ccc(NC(=O)CNC(=O)CCNC(=O)c2ccc(Cl)cc2)cc1. The van der Waals surface area contributed by atoms with Gasteiger partial charge in [0.25, 0.3) is 5.91 Å². The molecule has 28 heavy (non-hydrogen) atoms. The number of anilines is 1. The lowest BCUT2D eigenvalue weighted by molar-refractivity contribution is -0.124. The molecule has 3 N–H and O–H groups in total. The smallest absolute Gasteiger partial charge is 0.251 e. The van der Waals surface area contributed by atoms with E-state index in [9.17, 15) is 14.4 Å². The second-order valence-corrected chi connectivity index (χ2v) is 6.23. The van der Waals surface area contributed by atoms with Gasteiger partial charge in [0.1, 0.15) is 5.75 Å². The Hall–Kier alpha value is -3.06. The molecule has 8 heteroatoms. The molecule has 0 aromatic heterocycles. The van der Waals surface area contributed by atoms with Gasteiger partial charge < -0.3 is 20.7 Å². The highest BCUT2D eigenvalue weighted by Crippen LogP contribution is 2.15. The van der Waals surface area contributed by atoms with Crippen LogP contribution in [-0.4, -0.2) is 37.4 Å². The van der Waals surface area contributed by atoms with E-state index in [1.54, 1.807) is 48.5 Å². The molecule has 148 valence electrons. The van der Waals surface area contributed by atoms with Crippen molar-refractivity contribution in [2.45, 2.75) is 13.3 Å². The first-order valence-electron chi connectivity index (χ1n) is 8.81. The van der Waals surface area contributed by atoms with Crippen LogP contribution in [0.5, 0.6) is 5.75 Å². The van der Waals surface area contributed by atoms with E-state index in [4.69, 9.17) is 16.3 Å². The van der Waals surface area contributed by atoms with Crippen molar-refractivity contribution in [3.63, 3.8) is 0 Å². The zero-order valence-electron chi connectivity index (χ0n) is 15.5. The third-order valence-electron chi connectivity index (χ3n) is 3.64. The summed E-state index contributed by atoms with van der Waals surface area (Å²) < 4.78 is 5.33. The van der Waals surface area contributed by atoms with Crippen molar-refractivity contribution < 1.29 is 19.1 Å². The maximum atomic E-state index is 11.9. The Kier molecular flexibility index (Phi) is 8.30. The van der Waals surface area contributed by atoms with Gasteiger partial charge in [0.05, 0.1) is 13.2 Å². The fourth-order valence-corrected chi connectivity index (χ4v) is 2.39. The summed E-state index contributed by atoms with van der Waals surface area (Å²) >= 11 is 5.77. The number of nitrogens with one attached hydrogen (secondary N) is 3. The molecule has 0 atom stereocenters. The number of carbonyl (C=O) groups is 3. The molecule has 2 rings (SSSR count). The van der Waals surface area contributed by atoms with E-state index in [0.717, 1.165) is 5.75 Å². The zero-order chi connectivity index (χ0) is 20.4. The van der Waals surface area contributed by atoms with Crippen LogP contribution in [0.25, 0.3) is 0 Å². The van der Waals surface area contributed by atoms with Crippen molar-refractivity contribution in [2.75, 3.05) is 25.0 Å². The molecule has 3 amide bonds. The van der Waals surface area contributed by atoms with Gasteiger partial charge >= 0.3 is 0 Å². The summed E-state index contributed by atoms with van der Waals surface area (Å²) in [6, 6.07) is 13.4. The molecule has 7 nitrogen and oxygen atoms in total. The van der Waals surface area contributed by atoms with Crippen molar-refractivity contribution >= 4 is 35.0 Å². The third kappa shape index (κ3) is 7.28. The van der Waals surface area contributed by atoms with Gasteiger partial charge in [-0.15, -0.1) is 0 Å². The van der Waals surface area contributed by atoms with E-state index in [1.165, 1.54) is 0 Å². The van der Waals surface area contributed by atoms with Crippen molar-refractivity contribution in [1.82, 2.24) is 10.6 Å². The Labute approximate surface area is 168 Å². The average molecular weight is 404 g/mol. The largest absolute Gasteiger partial charge is 0.494 e. The molecule has 0 unspecified atom stereocenters. The van der Waals surface area contributed by atoms with Crippen LogP contribution in [-0.2, 0) is 9.59 Å². The first-order valence-corrected chi connectivity index (χ1v) is 9.19. The molecule has 0 bridgehead atoms. The molecular formula is C20H22ClN3O4. The molecule has 2 aromatic rings. The van der Waals surface area contributed by atoms with Gasteiger partial charge in [0.2, 0.25) is 11.8 Å². The molecule has 0 aliphatic carbocycles. The van der Waals surface area contributed by atoms with Gasteiger partial charge in [-0.05, 0) is 55.5 Å². The second-order valence-electron chi connectivity index (χ2n) is 5.80. The summed E-state index contributed by atoms with van der Waals surface area (Å²) in [6.45, 7) is 2.46. The number of hydrogen-bond acceptors (Lipinski definition) is 4. The van der Waals surface area contributed by atoms with E-state index in [1.807, 2.05) is 6.92 Å². The summed E-state index contributed by atoms with van der Waals surface area (Å²) in [6.07, 6.45) is 0.0651. The average Bonchev–Trinajstić information content (AvgIpc) is 2.68. The van der Waals surface area contributed by atoms with Gasteiger partial charge in [-0.25, -0.2) is 0 Å². The lowest BCUT2D eigenvalue weighted by atomic mass is 10.2. The molecule has 0 heterocycles. The predicted molar refractivity (Wildman–Crippen MR) is 108 cm³/mol. The number of halogens is 1. The van der Waals surface area contributed by atoms with Crippen molar-refractivity contribution in [3.05, 3.63) is 59.1 Å². The highest BCUT2D eigenvalue weighted by atomic mass is 35.5. The fraction of sp³-hybridized carbons (Fsp3) is 0.250. The highest BCUT2D eigenvalue weighted by Gasteiger charge is 2.08. The normalized spacial score (nSPS) is 10.1. The molecule has 0 fully saturated rings. The molecule has 0 saturated heterocycles. The zero-order valence-corrected chi connectivity index (χ0v) is 16.2. The Morgan fingerprint density at radius 2 is 1.61 bits per heavy atom. The minimum absolute atomic E-state index is 0.0651. The Morgan fingerprint density at radius 3 is 2.25 bits per heavy atom. The maximum absolute atomic E-state index is 11.9. The van der Waals surface area contributed by atoms with Crippen molar-refractivity contribution in [2.24, 2.45) is 0 Å². The van der Waals surface area contributed by atoms with Crippen LogP contribution in [0.2, 0.25) is 5.02 Å². The summed E-state index contributed by atoms with van der Waals surface area (Å²) in [5, 5.41) is 8.37. The standard InChI is InChI=1S/C20H22ClN3O4/c1-2-28-17-9-7-16(8-10-17)24-19(26)13-23-18(25)11-12-22-20(27)14-3-5-15(21)6-4-14/h3-10H,2,11-13H2,1H3,(H,22,27)(H,23,25)(H,24,26). The number of ether oxygens (including phenoxy) is 1. The van der Waals surface area contributed by atoms with Crippen molar-refractivity contribution in [1.29, 1.82) is 0 Å². The summed E-state index contributed by atoms with van der Waals surface area (Å²) in [5.41, 5.74) is 1.07. The quantitative estimate of drug-likeness (QED) is 0.599. The Morgan fingerprint density at radius 1 is 0.929 bits per heavy atom. The van der Waals surface area contributed by atoms with E-state index in [0.29, 0.717) is 22.9 Å². The van der Waals surface area contributed by atoms with E-state index < -0.39 is 0 Å². The fourth-order valence-electron chi connectivity index (χ4n) is 2.27. The number of amides is 3. The second kappa shape index (κ2) is 10.9. The van der Waals surface area contributed by atoms with E-state index in [2.05, 4.69) is 16.0 Å². The van der Waals surface area contributed by atoms with Crippen LogP contribution in [0.4, 0.5) is 5.69 Å². The Bertz CT molecular complexity index is 807. The molecule has 0 aliphatic rings.